The maximum Gasteiger partial charge on any atom is 0.490 e. The molecule has 2 unspecified atom stereocenters. The van der Waals surface area contributed by atoms with Gasteiger partial charge in [0.05, 0.1) is 35.8 Å². The van der Waals surface area contributed by atoms with Gasteiger partial charge in [0.25, 0.3) is 0 Å². The number of aliphatic hydroxyl groups excluding tert-OH is 3. The second-order valence-corrected chi connectivity index (χ2v) is 15.1. The lowest BCUT2D eigenvalue weighted by atomic mass is 10.1. The van der Waals surface area contributed by atoms with Crippen LogP contribution in [0.2, 0.25) is 0 Å². The number of fused-ring (bicyclic) bond motifs is 2. The highest BCUT2D eigenvalue weighted by Gasteiger charge is 2.48. The minimum atomic E-state index is -5.71. The van der Waals surface area contributed by atoms with Crippen LogP contribution in [0.15, 0.2) is 42.9 Å². The Hall–Kier alpha value is -3.02. The Morgan fingerprint density at radius 1 is 0.804 bits per heavy atom. The topological polar surface area (TPSA) is 338 Å². The molecule has 0 radical (unpaired) electrons. The van der Waals surface area contributed by atoms with Gasteiger partial charge < -0.3 is 55.8 Å². The van der Waals surface area contributed by atoms with Crippen LogP contribution in [0.4, 0.5) is 20.3 Å². The molecule has 11 N–H and O–H groups in total. The smallest absolute Gasteiger partial charge is 0.397 e. The summed E-state index contributed by atoms with van der Waals surface area (Å²) in [6, 6.07) is 7.78. The lowest BCUT2D eigenvalue weighted by Gasteiger charge is -2.19. The zero-order valence-electron chi connectivity index (χ0n) is 25.0. The van der Waals surface area contributed by atoms with Crippen molar-refractivity contribution in [1.29, 1.82) is 0 Å². The van der Waals surface area contributed by atoms with Crippen LogP contribution < -0.4 is 11.5 Å². The highest BCUT2D eigenvalue weighted by Crippen LogP contribution is 2.66. The zero-order valence-corrected chi connectivity index (χ0v) is 27.6. The van der Waals surface area contributed by atoms with Crippen molar-refractivity contribution in [2.24, 2.45) is 0 Å². The number of hydrogen-bond acceptors (Lipinski definition) is 16. The molecule has 2 saturated heterocycles. The third kappa shape index (κ3) is 8.96. The molecule has 0 aromatic carbocycles. The largest absolute Gasteiger partial charge is 0.490 e. The SMILES string of the molecule is C.Nc1ccnn2c([C@@H]3O[C@H](COP(=O)(O)OP(=O)(O)OP(=O)(O)O)[C@@H](O)[C@H]3F)ccc12.Nc1ncnn2c([C@@H]3O[C@H](CO)[C@@H](O)[C@H]3F)ccc12. The van der Waals surface area contributed by atoms with Crippen LogP contribution in [0, 0.1) is 0 Å². The lowest BCUT2D eigenvalue weighted by molar-refractivity contribution is -0.0241. The first kappa shape index (κ1) is 40.7. The van der Waals surface area contributed by atoms with E-state index in [1.165, 1.54) is 33.7 Å². The van der Waals surface area contributed by atoms with Crippen LogP contribution in [0.5, 0.6) is 0 Å². The first-order valence-corrected chi connectivity index (χ1v) is 18.5. The van der Waals surface area contributed by atoms with Crippen LogP contribution in [-0.2, 0) is 36.3 Å². The molecule has 284 valence electrons. The van der Waals surface area contributed by atoms with Gasteiger partial charge in [0.2, 0.25) is 0 Å². The number of ether oxygens (including phenoxy) is 2. The van der Waals surface area contributed by atoms with E-state index in [2.05, 4.69) is 28.3 Å². The Bertz CT molecular complexity index is 1980. The van der Waals surface area contributed by atoms with E-state index in [9.17, 15) is 37.6 Å². The number of phosphoric ester groups is 1. The number of halogens is 2. The van der Waals surface area contributed by atoms with Gasteiger partial charge >= 0.3 is 23.5 Å². The van der Waals surface area contributed by atoms with Crippen molar-refractivity contribution in [2.75, 3.05) is 24.7 Å². The summed E-state index contributed by atoms with van der Waals surface area (Å²) in [5.41, 5.74) is 13.4. The van der Waals surface area contributed by atoms with Crippen LogP contribution >= 0.6 is 23.5 Å². The molecule has 4 aromatic heterocycles. The van der Waals surface area contributed by atoms with Crippen molar-refractivity contribution in [2.45, 2.75) is 56.4 Å². The average molecular weight is 791 g/mol. The summed E-state index contributed by atoms with van der Waals surface area (Å²) in [6.45, 7) is -1.45. The molecule has 2 fully saturated rings. The van der Waals surface area contributed by atoms with Gasteiger partial charge in [-0.1, -0.05) is 7.43 Å². The number of rotatable bonds is 10. The highest BCUT2D eigenvalue weighted by molar-refractivity contribution is 7.66. The van der Waals surface area contributed by atoms with Crippen molar-refractivity contribution >= 4 is 46.0 Å². The predicted molar refractivity (Wildman–Crippen MR) is 168 cm³/mol. The fourth-order valence-electron chi connectivity index (χ4n) is 5.14. The predicted octanol–water partition coefficient (Wildman–Crippen LogP) is 0.477. The average Bonchev–Trinajstić information content (AvgIpc) is 3.77. The number of hydrogen-bond donors (Lipinski definition) is 9. The molecular weight excluding hydrogens is 757 g/mol. The van der Waals surface area contributed by atoms with Crippen molar-refractivity contribution in [3.8, 4) is 0 Å². The minimum Gasteiger partial charge on any atom is -0.397 e. The van der Waals surface area contributed by atoms with E-state index >= 15 is 0 Å². The maximum absolute atomic E-state index is 14.6. The third-order valence-corrected chi connectivity index (χ3v) is 11.1. The molecule has 51 heavy (non-hydrogen) atoms. The molecule has 0 saturated carbocycles. The summed E-state index contributed by atoms with van der Waals surface area (Å²) in [5.74, 6) is 0.272. The fourth-order valence-corrected chi connectivity index (χ4v) is 8.17. The first-order valence-electron chi connectivity index (χ1n) is 14.0. The van der Waals surface area contributed by atoms with Crippen molar-refractivity contribution in [3.63, 3.8) is 0 Å². The second-order valence-electron chi connectivity index (χ2n) is 10.7. The summed E-state index contributed by atoms with van der Waals surface area (Å²) >= 11 is 0. The second kappa shape index (κ2) is 15.5. The number of aliphatic hydroxyl groups is 3. The number of nitrogen functional groups attached to an aromatic ring is 2. The van der Waals surface area contributed by atoms with E-state index in [1.807, 2.05) is 0 Å². The number of phosphoric acid groups is 3. The van der Waals surface area contributed by atoms with Crippen molar-refractivity contribution in [3.05, 3.63) is 54.2 Å². The monoisotopic (exact) mass is 791 g/mol. The van der Waals surface area contributed by atoms with E-state index in [0.717, 1.165) is 0 Å². The van der Waals surface area contributed by atoms with Gasteiger partial charge in [-0.25, -0.2) is 36.5 Å². The standard InChI is InChI=1S/C12H17FN3O12P3.C11H13FN4O3.CH4/c13-10-11(17)9(5-25-30(21,22)28-31(23,24)27-29(18,19)20)26-12(10)8-2-1-7-6(14)3-4-15-16(7)8;12-8-9(18)7(3-17)19-10(8)5-1-2-6-11(13)14-4-15-16(5)6;/h1-4,9-12,17H,5,14H2,(H,21,22)(H,23,24)(H2,18,19,20);1-2,4,7-10,17-18H,3H2,(H2,13,14,15);1H4/t9-,10-,11-,12+;7-,8-,9-,10+;/m11./s1. The van der Waals surface area contributed by atoms with Crippen LogP contribution in [-0.4, -0.2) is 109 Å². The van der Waals surface area contributed by atoms with Crippen LogP contribution in [0.3, 0.4) is 0 Å². The van der Waals surface area contributed by atoms with E-state index in [0.29, 0.717) is 22.4 Å². The molecule has 0 spiro atoms. The summed E-state index contributed by atoms with van der Waals surface area (Å²) in [4.78, 5) is 39.4. The normalized spacial score (nSPS) is 28.9. The molecule has 27 heteroatoms. The molecule has 6 rings (SSSR count). The van der Waals surface area contributed by atoms with Crippen molar-refractivity contribution in [1.82, 2.24) is 24.2 Å². The highest BCUT2D eigenvalue weighted by atomic mass is 31.3. The van der Waals surface area contributed by atoms with E-state index in [-0.39, 0.29) is 18.9 Å². The molecule has 4 aromatic rings. The Balaban J connectivity index is 0.000000249. The minimum absolute atomic E-state index is 0. The Labute approximate surface area is 285 Å². The molecule has 2 aliphatic heterocycles. The lowest BCUT2D eigenvalue weighted by Crippen LogP contribution is -2.31. The third-order valence-electron chi connectivity index (χ3n) is 7.34. The number of nitrogens with zero attached hydrogens (tertiary/aromatic N) is 5. The quantitative estimate of drug-likeness (QED) is 0.0986. The molecule has 10 atom stereocenters. The summed E-state index contributed by atoms with van der Waals surface area (Å²) in [5, 5.41) is 36.7. The van der Waals surface area contributed by atoms with Gasteiger partial charge in [-0.15, -0.1) is 0 Å². The van der Waals surface area contributed by atoms with Crippen molar-refractivity contribution < 1.29 is 80.0 Å². The molecule has 0 bridgehead atoms. The van der Waals surface area contributed by atoms with Gasteiger partial charge in [0.1, 0.15) is 48.5 Å². The van der Waals surface area contributed by atoms with Crippen LogP contribution in [0.25, 0.3) is 11.0 Å². The van der Waals surface area contributed by atoms with Gasteiger partial charge in [0.15, 0.2) is 18.2 Å². The Morgan fingerprint density at radius 2 is 1.35 bits per heavy atom. The summed E-state index contributed by atoms with van der Waals surface area (Å²) < 4.78 is 87.3. The molecule has 22 nitrogen and oxygen atoms in total. The maximum atomic E-state index is 14.6. The number of anilines is 2. The number of aromatic nitrogens is 5. The molecule has 0 aliphatic carbocycles. The van der Waals surface area contributed by atoms with Gasteiger partial charge in [-0.3, -0.25) is 4.52 Å². The van der Waals surface area contributed by atoms with Gasteiger partial charge in [-0.2, -0.15) is 18.8 Å². The Kier molecular flexibility index (Phi) is 12.4. The Morgan fingerprint density at radius 3 is 1.92 bits per heavy atom. The number of nitrogens with two attached hydrogens (primary N) is 2. The van der Waals surface area contributed by atoms with Crippen LogP contribution in [0.1, 0.15) is 31.0 Å². The molecule has 6 heterocycles. The van der Waals surface area contributed by atoms with E-state index < -0.39 is 85.6 Å². The van der Waals surface area contributed by atoms with Gasteiger partial charge in [-0.05, 0) is 30.3 Å². The summed E-state index contributed by atoms with van der Waals surface area (Å²) in [6.07, 6.45) is -9.08. The fraction of sp³-hybridized carbons (Fsp3) is 0.458. The molecular formula is C24H34F2N7O15P3. The summed E-state index contributed by atoms with van der Waals surface area (Å²) in [7, 11) is -16.7. The zero-order chi connectivity index (χ0) is 36.8. The van der Waals surface area contributed by atoms with E-state index in [4.69, 9.17) is 40.7 Å². The molecule has 0 amide bonds. The first-order chi connectivity index (χ1) is 23.3. The number of alkyl halides is 2. The van der Waals surface area contributed by atoms with E-state index in [1.54, 1.807) is 18.2 Å². The van der Waals surface area contributed by atoms with Gasteiger partial charge in [0, 0.05) is 6.20 Å². The molecule has 2 aliphatic rings.